The first-order valence-corrected chi connectivity index (χ1v) is 4.14. The molecular weight excluding hydrogens is 180 g/mol. The van der Waals surface area contributed by atoms with E-state index >= 15 is 0 Å². The molecule has 1 amide bonds. The molecule has 0 spiro atoms. The minimum absolute atomic E-state index is 0.0630. The first-order chi connectivity index (χ1) is 6.58. The fraction of sp³-hybridized carbons (Fsp3) is 0.333. The lowest BCUT2D eigenvalue weighted by Crippen LogP contribution is -2.29. The smallest absolute Gasteiger partial charge is 0.270 e. The lowest BCUT2D eigenvalue weighted by atomic mass is 10.4. The maximum Gasteiger partial charge on any atom is 0.270 e. The van der Waals surface area contributed by atoms with Crippen LogP contribution in [-0.4, -0.2) is 31.1 Å². The Morgan fingerprint density at radius 1 is 1.64 bits per heavy atom. The molecule has 0 bridgehead atoms. The lowest BCUT2D eigenvalue weighted by Gasteiger charge is -2.15. The highest BCUT2D eigenvalue weighted by molar-refractivity contribution is 5.93. The predicted octanol–water partition coefficient (Wildman–Crippen LogP) is 0.0262. The van der Waals surface area contributed by atoms with Gasteiger partial charge in [-0.25, -0.2) is 4.99 Å². The second-order valence-electron chi connectivity index (χ2n) is 2.50. The van der Waals surface area contributed by atoms with E-state index in [0.717, 1.165) is 0 Å². The number of amides is 1. The van der Waals surface area contributed by atoms with Gasteiger partial charge >= 0.3 is 0 Å². The Bertz CT molecular complexity index is 281. The molecule has 14 heavy (non-hydrogen) atoms. The summed E-state index contributed by atoms with van der Waals surface area (Å²) in [6.45, 7) is 5.31. The number of carbonyl (C=O) groups is 1. The van der Waals surface area contributed by atoms with E-state index in [-0.39, 0.29) is 11.6 Å². The van der Waals surface area contributed by atoms with E-state index in [2.05, 4.69) is 16.9 Å². The van der Waals surface area contributed by atoms with Gasteiger partial charge in [0.25, 0.3) is 5.91 Å². The molecule has 0 aromatic carbocycles. The summed E-state index contributed by atoms with van der Waals surface area (Å²) in [5, 5.41) is 2.43. The zero-order valence-electron chi connectivity index (χ0n) is 8.74. The molecule has 0 saturated heterocycles. The number of likely N-dealkylation sites (N-methyl/N-ethyl adjacent to an activating group) is 1. The Morgan fingerprint density at radius 3 is 2.57 bits per heavy atom. The van der Waals surface area contributed by atoms with Gasteiger partial charge in [0, 0.05) is 20.3 Å². The highest BCUT2D eigenvalue weighted by Crippen LogP contribution is 2.06. The van der Waals surface area contributed by atoms with Gasteiger partial charge in [0.1, 0.15) is 5.70 Å². The first kappa shape index (κ1) is 12.2. The van der Waals surface area contributed by atoms with Gasteiger partial charge in [-0.3, -0.25) is 4.79 Å². The Kier molecular flexibility index (Phi) is 5.06. The van der Waals surface area contributed by atoms with Gasteiger partial charge in [0.05, 0.1) is 0 Å². The quantitative estimate of drug-likeness (QED) is 0.492. The van der Waals surface area contributed by atoms with Crippen LogP contribution in [0.3, 0.4) is 0 Å². The molecule has 0 aliphatic rings. The maximum absolute atomic E-state index is 11.2. The molecular formula is C9H16N4O. The highest BCUT2D eigenvalue weighted by Gasteiger charge is 2.11. The van der Waals surface area contributed by atoms with Crippen LogP contribution >= 0.6 is 0 Å². The third kappa shape index (κ3) is 2.93. The van der Waals surface area contributed by atoms with Crippen molar-refractivity contribution in [1.29, 1.82) is 0 Å². The molecule has 0 aliphatic heterocycles. The molecule has 0 aliphatic carbocycles. The Balaban J connectivity index is 5.13. The summed E-state index contributed by atoms with van der Waals surface area (Å²) in [6.07, 6.45) is 3.09. The monoisotopic (exact) mass is 196 g/mol. The third-order valence-corrected chi connectivity index (χ3v) is 1.57. The molecule has 5 heteroatoms. The van der Waals surface area contributed by atoms with E-state index in [9.17, 15) is 4.79 Å². The summed E-state index contributed by atoms with van der Waals surface area (Å²) < 4.78 is 0. The molecule has 78 valence electrons. The summed E-state index contributed by atoms with van der Waals surface area (Å²) in [5.74, 6) is 0.0150. The average Bonchev–Trinajstić information content (AvgIpc) is 2.22. The molecule has 0 fully saturated rings. The van der Waals surface area contributed by atoms with Crippen LogP contribution in [0.1, 0.15) is 6.92 Å². The van der Waals surface area contributed by atoms with Crippen molar-refractivity contribution < 1.29 is 4.79 Å². The number of nitrogens with two attached hydrogens (primary N) is 1. The van der Waals surface area contributed by atoms with Gasteiger partial charge in [0.15, 0.2) is 5.82 Å². The minimum atomic E-state index is -0.362. The fourth-order valence-electron chi connectivity index (χ4n) is 0.796. The van der Waals surface area contributed by atoms with Crippen molar-refractivity contribution in [3.63, 3.8) is 0 Å². The number of aliphatic imine (C=N–C) groups is 1. The molecule has 0 aromatic rings. The molecule has 0 radical (unpaired) electrons. The van der Waals surface area contributed by atoms with Crippen molar-refractivity contribution in [2.24, 2.45) is 10.7 Å². The average molecular weight is 196 g/mol. The van der Waals surface area contributed by atoms with Gasteiger partial charge < -0.3 is 16.0 Å². The number of hydrogen-bond donors (Lipinski definition) is 2. The normalized spacial score (nSPS) is 12.2. The Labute approximate surface area is 84.0 Å². The van der Waals surface area contributed by atoms with Crippen LogP contribution in [0.25, 0.3) is 0 Å². The largest absolute Gasteiger partial charge is 0.391 e. The number of nitrogens with one attached hydrogen (secondary N) is 1. The maximum atomic E-state index is 11.2. The first-order valence-electron chi connectivity index (χ1n) is 4.14. The van der Waals surface area contributed by atoms with Crippen LogP contribution in [-0.2, 0) is 4.79 Å². The Hall–Kier alpha value is -1.78. The van der Waals surface area contributed by atoms with E-state index in [1.807, 2.05) is 0 Å². The summed E-state index contributed by atoms with van der Waals surface area (Å²) in [4.78, 5) is 16.8. The van der Waals surface area contributed by atoms with Crippen LogP contribution in [0.5, 0.6) is 0 Å². The fourth-order valence-corrected chi connectivity index (χ4v) is 0.796. The van der Waals surface area contributed by atoms with E-state index in [4.69, 9.17) is 5.73 Å². The lowest BCUT2D eigenvalue weighted by molar-refractivity contribution is -0.117. The van der Waals surface area contributed by atoms with Crippen molar-refractivity contribution in [1.82, 2.24) is 10.2 Å². The van der Waals surface area contributed by atoms with Crippen LogP contribution in [0.15, 0.2) is 29.3 Å². The van der Waals surface area contributed by atoms with Crippen molar-refractivity contribution >= 4 is 12.1 Å². The molecule has 0 saturated carbocycles. The Morgan fingerprint density at radius 2 is 2.21 bits per heavy atom. The van der Waals surface area contributed by atoms with Crippen molar-refractivity contribution in [2.45, 2.75) is 6.92 Å². The molecule has 0 rings (SSSR count). The number of carbonyl (C=O) groups excluding carboxylic acids is 1. The second-order valence-corrected chi connectivity index (χ2v) is 2.50. The number of hydrogen-bond acceptors (Lipinski definition) is 4. The standard InChI is InChI=1S/C9H16N4O/c1-5-12-8(13(4)6-2)7(10)9(14)11-3/h5-6H,2,10H2,1,3-4H3,(H,11,14)/b8-7-,12-5?. The summed E-state index contributed by atoms with van der Waals surface area (Å²) >= 11 is 0. The van der Waals surface area contributed by atoms with Crippen molar-refractivity contribution in [3.05, 3.63) is 24.3 Å². The minimum Gasteiger partial charge on any atom is -0.391 e. The van der Waals surface area contributed by atoms with Crippen molar-refractivity contribution in [2.75, 3.05) is 14.1 Å². The number of nitrogens with zero attached hydrogens (tertiary/aromatic N) is 2. The SMILES string of the molecule is C=CN(C)/C(N=CC)=C(\N)C(=O)NC. The van der Waals surface area contributed by atoms with Gasteiger partial charge in [-0.2, -0.15) is 0 Å². The van der Waals surface area contributed by atoms with Gasteiger partial charge in [-0.15, -0.1) is 0 Å². The summed E-state index contributed by atoms with van der Waals surface area (Å²) in [5.41, 5.74) is 5.66. The van der Waals surface area contributed by atoms with Crippen LogP contribution in [0.4, 0.5) is 0 Å². The van der Waals surface area contributed by atoms with Gasteiger partial charge in [-0.05, 0) is 13.1 Å². The highest BCUT2D eigenvalue weighted by atomic mass is 16.1. The number of rotatable bonds is 4. The van der Waals surface area contributed by atoms with Gasteiger partial charge in [0.2, 0.25) is 0 Å². The summed E-state index contributed by atoms with van der Waals surface area (Å²) in [7, 11) is 3.22. The zero-order chi connectivity index (χ0) is 11.1. The molecule has 0 aromatic heterocycles. The van der Waals surface area contributed by atoms with E-state index in [1.54, 1.807) is 25.1 Å². The summed E-state index contributed by atoms with van der Waals surface area (Å²) in [6, 6.07) is 0. The topological polar surface area (TPSA) is 70.7 Å². The third-order valence-electron chi connectivity index (χ3n) is 1.57. The molecule has 5 nitrogen and oxygen atoms in total. The van der Waals surface area contributed by atoms with Gasteiger partial charge in [-0.1, -0.05) is 6.58 Å². The predicted molar refractivity (Wildman–Crippen MR) is 57.4 cm³/mol. The molecule has 0 heterocycles. The molecule has 0 unspecified atom stereocenters. The second kappa shape index (κ2) is 5.80. The van der Waals surface area contributed by atoms with Crippen LogP contribution in [0.2, 0.25) is 0 Å². The van der Waals surface area contributed by atoms with Crippen molar-refractivity contribution in [3.8, 4) is 0 Å². The molecule has 0 atom stereocenters. The zero-order valence-corrected chi connectivity index (χ0v) is 8.74. The van der Waals surface area contributed by atoms with Crippen LogP contribution in [0, 0.1) is 0 Å². The van der Waals surface area contributed by atoms with E-state index in [1.165, 1.54) is 13.2 Å². The molecule has 3 N–H and O–H groups in total. The van der Waals surface area contributed by atoms with E-state index in [0.29, 0.717) is 5.82 Å². The van der Waals surface area contributed by atoms with E-state index < -0.39 is 0 Å². The van der Waals surface area contributed by atoms with Crippen LogP contribution < -0.4 is 11.1 Å².